The van der Waals surface area contributed by atoms with Crippen molar-refractivity contribution < 1.29 is 9.59 Å². The summed E-state index contributed by atoms with van der Waals surface area (Å²) >= 11 is 4.14. The van der Waals surface area contributed by atoms with Crippen molar-refractivity contribution in [3.8, 4) is 5.69 Å². The number of carbonyl (C=O) groups excluding carboxylic acids is 2. The zero-order valence-corrected chi connectivity index (χ0v) is 23.0. The lowest BCUT2D eigenvalue weighted by Gasteiger charge is -2.08. The smallest absolute Gasteiger partial charge is 0.234 e. The number of thiazole rings is 1. The molecule has 0 radical (unpaired) electrons. The maximum atomic E-state index is 12.6. The Bertz CT molecular complexity index is 1600. The van der Waals surface area contributed by atoms with Crippen LogP contribution in [0.5, 0.6) is 0 Å². The third-order valence-corrected chi connectivity index (χ3v) is 8.49. The molecule has 0 saturated carbocycles. The van der Waals surface area contributed by atoms with Gasteiger partial charge in [-0.2, -0.15) is 4.68 Å². The number of hydrogen-bond donors (Lipinski definition) is 2. The molecule has 2 amide bonds. The van der Waals surface area contributed by atoms with Crippen molar-refractivity contribution in [3.63, 3.8) is 0 Å². The third-order valence-electron chi connectivity index (χ3n) is 5.41. The van der Waals surface area contributed by atoms with Gasteiger partial charge in [-0.1, -0.05) is 59.4 Å². The molecule has 2 heterocycles. The Morgan fingerprint density at radius 2 is 1.71 bits per heavy atom. The molecule has 0 unspecified atom stereocenters. The molecule has 5 rings (SSSR count). The lowest BCUT2D eigenvalue weighted by molar-refractivity contribution is -0.114. The molecule has 0 atom stereocenters. The predicted octanol–water partition coefficient (Wildman–Crippen LogP) is 5.35. The number of nitrogens with zero attached hydrogens (tertiary/aromatic N) is 5. The number of anilines is 2. The van der Waals surface area contributed by atoms with E-state index >= 15 is 0 Å². The molecule has 0 spiro atoms. The molecule has 192 valence electrons. The van der Waals surface area contributed by atoms with Crippen molar-refractivity contribution in [3.05, 3.63) is 77.9 Å². The van der Waals surface area contributed by atoms with Crippen LogP contribution >= 0.6 is 34.9 Å². The Kier molecular flexibility index (Phi) is 8.01. The molecule has 2 aromatic heterocycles. The van der Waals surface area contributed by atoms with Gasteiger partial charge in [-0.25, -0.2) is 4.98 Å². The van der Waals surface area contributed by atoms with Crippen LogP contribution in [0.3, 0.4) is 0 Å². The van der Waals surface area contributed by atoms with Gasteiger partial charge in [0, 0.05) is 11.4 Å². The summed E-state index contributed by atoms with van der Waals surface area (Å²) in [5, 5.41) is 18.2. The van der Waals surface area contributed by atoms with Gasteiger partial charge in [0.15, 0.2) is 4.34 Å². The number of tetrazole rings is 1. The summed E-state index contributed by atoms with van der Waals surface area (Å²) < 4.78 is 3.33. The van der Waals surface area contributed by atoms with Crippen LogP contribution < -0.4 is 10.6 Å². The second-order valence-corrected chi connectivity index (χ2v) is 11.6. The molecule has 2 N–H and O–H groups in total. The van der Waals surface area contributed by atoms with E-state index in [1.807, 2.05) is 80.6 Å². The number of para-hydroxylation sites is 1. The number of thioether (sulfide) groups is 2. The highest BCUT2D eigenvalue weighted by molar-refractivity contribution is 8.01. The van der Waals surface area contributed by atoms with E-state index in [2.05, 4.69) is 31.1 Å². The molecule has 0 bridgehead atoms. The van der Waals surface area contributed by atoms with Crippen molar-refractivity contribution in [2.75, 3.05) is 22.1 Å². The summed E-state index contributed by atoms with van der Waals surface area (Å²) in [5.74, 6) is 0.171. The van der Waals surface area contributed by atoms with Gasteiger partial charge in [0.2, 0.25) is 17.0 Å². The number of fused-ring (bicyclic) bond motifs is 1. The highest BCUT2D eigenvalue weighted by Gasteiger charge is 2.13. The molecule has 0 aliphatic heterocycles. The zero-order chi connectivity index (χ0) is 26.5. The highest BCUT2D eigenvalue weighted by Crippen LogP contribution is 2.31. The van der Waals surface area contributed by atoms with E-state index in [9.17, 15) is 9.59 Å². The number of aromatic nitrogens is 5. The van der Waals surface area contributed by atoms with Crippen molar-refractivity contribution in [1.29, 1.82) is 0 Å². The van der Waals surface area contributed by atoms with Crippen LogP contribution in [0.2, 0.25) is 0 Å². The van der Waals surface area contributed by atoms with Crippen molar-refractivity contribution in [1.82, 2.24) is 25.2 Å². The zero-order valence-electron chi connectivity index (χ0n) is 20.5. The van der Waals surface area contributed by atoms with Crippen LogP contribution in [0.4, 0.5) is 11.4 Å². The first kappa shape index (κ1) is 25.9. The molecule has 0 aliphatic carbocycles. The minimum Gasteiger partial charge on any atom is -0.325 e. The summed E-state index contributed by atoms with van der Waals surface area (Å²) in [5.41, 5.74) is 5.34. The molecule has 5 aromatic rings. The quantitative estimate of drug-likeness (QED) is 0.232. The molecule has 0 fully saturated rings. The van der Waals surface area contributed by atoms with E-state index in [-0.39, 0.29) is 23.3 Å². The Labute approximate surface area is 231 Å². The molecule has 12 heteroatoms. The summed E-state index contributed by atoms with van der Waals surface area (Å²) in [6.45, 7) is 4.00. The van der Waals surface area contributed by atoms with Gasteiger partial charge in [-0.05, 0) is 66.2 Å². The van der Waals surface area contributed by atoms with Gasteiger partial charge >= 0.3 is 0 Å². The number of aryl methyl sites for hydroxylation is 2. The first-order valence-corrected chi connectivity index (χ1v) is 14.4. The first-order chi connectivity index (χ1) is 18.4. The Morgan fingerprint density at radius 1 is 0.921 bits per heavy atom. The maximum absolute atomic E-state index is 12.6. The first-order valence-electron chi connectivity index (χ1n) is 11.6. The van der Waals surface area contributed by atoms with Gasteiger partial charge in [0.1, 0.15) is 0 Å². The summed E-state index contributed by atoms with van der Waals surface area (Å²) in [6, 6.07) is 21.0. The lowest BCUT2D eigenvalue weighted by atomic mass is 10.1. The number of carbonyl (C=O) groups is 2. The molecule has 0 aliphatic rings. The van der Waals surface area contributed by atoms with E-state index in [0.717, 1.165) is 37.1 Å². The third kappa shape index (κ3) is 6.39. The predicted molar refractivity (Wildman–Crippen MR) is 153 cm³/mol. The van der Waals surface area contributed by atoms with E-state index in [1.54, 1.807) is 4.68 Å². The molecule has 38 heavy (non-hydrogen) atoms. The van der Waals surface area contributed by atoms with Crippen LogP contribution in [0.25, 0.3) is 15.9 Å². The molecule has 9 nitrogen and oxygen atoms in total. The highest BCUT2D eigenvalue weighted by atomic mass is 32.2. The van der Waals surface area contributed by atoms with Crippen LogP contribution in [-0.4, -0.2) is 48.5 Å². The van der Waals surface area contributed by atoms with E-state index in [0.29, 0.717) is 10.8 Å². The van der Waals surface area contributed by atoms with Gasteiger partial charge < -0.3 is 10.6 Å². The maximum Gasteiger partial charge on any atom is 0.234 e. The number of rotatable bonds is 9. The van der Waals surface area contributed by atoms with Crippen molar-refractivity contribution >= 4 is 68.3 Å². The normalized spacial score (nSPS) is 11.0. The van der Waals surface area contributed by atoms with Crippen molar-refractivity contribution in [2.45, 2.75) is 23.3 Å². The lowest BCUT2D eigenvalue weighted by Crippen LogP contribution is -2.14. The molecular weight excluding hydrogens is 539 g/mol. The Balaban J connectivity index is 1.15. The summed E-state index contributed by atoms with van der Waals surface area (Å²) in [7, 11) is 0. The fraction of sp³-hybridized carbons (Fsp3) is 0.154. The standard InChI is InChI=1S/C26H23N7O2S3/c1-16-8-10-20(17(2)12-16)28-24(35)15-37-26-29-21-11-9-18(13-22(21)38-26)27-23(34)14-36-25-30-31-32-33(25)19-6-4-3-5-7-19/h3-13H,14-15H2,1-2H3,(H,27,34)(H,28,35). The monoisotopic (exact) mass is 561 g/mol. The summed E-state index contributed by atoms with van der Waals surface area (Å²) in [4.78, 5) is 29.6. The number of amides is 2. The fourth-order valence-electron chi connectivity index (χ4n) is 3.64. The summed E-state index contributed by atoms with van der Waals surface area (Å²) in [6.07, 6.45) is 0. The molecule has 3 aromatic carbocycles. The average molecular weight is 562 g/mol. The van der Waals surface area contributed by atoms with Crippen LogP contribution in [0.15, 0.2) is 76.2 Å². The average Bonchev–Trinajstić information content (AvgIpc) is 3.55. The van der Waals surface area contributed by atoms with E-state index in [1.165, 1.54) is 34.9 Å². The van der Waals surface area contributed by atoms with Gasteiger partial charge in [-0.3, -0.25) is 9.59 Å². The van der Waals surface area contributed by atoms with Gasteiger partial charge in [-0.15, -0.1) is 16.4 Å². The minimum absolute atomic E-state index is 0.0787. The van der Waals surface area contributed by atoms with Gasteiger partial charge in [0.25, 0.3) is 0 Å². The number of hydrogen-bond acceptors (Lipinski definition) is 9. The Hall–Kier alpha value is -3.74. The largest absolute Gasteiger partial charge is 0.325 e. The molecule has 0 saturated heterocycles. The minimum atomic E-state index is -0.167. The second-order valence-electron chi connectivity index (χ2n) is 8.36. The van der Waals surface area contributed by atoms with E-state index < -0.39 is 0 Å². The fourth-order valence-corrected chi connectivity index (χ4v) is 6.24. The SMILES string of the molecule is Cc1ccc(NC(=O)CSc2nc3ccc(NC(=O)CSc4nnnn4-c4ccccc4)cc3s2)c(C)c1. The Morgan fingerprint density at radius 3 is 2.53 bits per heavy atom. The van der Waals surface area contributed by atoms with Crippen LogP contribution in [0.1, 0.15) is 11.1 Å². The van der Waals surface area contributed by atoms with Crippen LogP contribution in [0, 0.1) is 13.8 Å². The van der Waals surface area contributed by atoms with Gasteiger partial charge in [0.05, 0.1) is 27.4 Å². The second kappa shape index (κ2) is 11.8. The molecular formula is C26H23N7O2S3. The number of benzene rings is 3. The van der Waals surface area contributed by atoms with Crippen molar-refractivity contribution in [2.24, 2.45) is 0 Å². The van der Waals surface area contributed by atoms with E-state index in [4.69, 9.17) is 0 Å². The topological polar surface area (TPSA) is 115 Å². The van der Waals surface area contributed by atoms with Crippen LogP contribution in [-0.2, 0) is 9.59 Å². The number of nitrogens with one attached hydrogen (secondary N) is 2.